The average Bonchev–Trinajstić information content (AvgIpc) is 2.76. The number of ether oxygens (including phenoxy) is 1. The Kier molecular flexibility index (Phi) is 8.34. The van der Waals surface area contributed by atoms with Gasteiger partial charge in [-0.25, -0.2) is 4.79 Å². The molecule has 0 saturated carbocycles. The Morgan fingerprint density at radius 2 is 1.32 bits per heavy atom. The highest BCUT2D eigenvalue weighted by atomic mass is 16.6. The van der Waals surface area contributed by atoms with Crippen molar-refractivity contribution in [3.05, 3.63) is 60.2 Å². The molecule has 0 aliphatic heterocycles. The standard InChI is InChI=1S/C28H37NO2/c1-5-11-21(3)18-29(19-22(4)12-6-2)28(30)31-20-27-25-15-9-7-13-23(25)17-24-14-8-10-16-26(24)27/h7-10,13-17,21-22H,5-6,11-12,18-20H2,1-4H3. The van der Waals surface area contributed by atoms with Crippen molar-refractivity contribution in [2.24, 2.45) is 11.8 Å². The van der Waals surface area contributed by atoms with Crippen LogP contribution < -0.4 is 0 Å². The summed E-state index contributed by atoms with van der Waals surface area (Å²) < 4.78 is 5.95. The summed E-state index contributed by atoms with van der Waals surface area (Å²) in [5, 5.41) is 4.66. The summed E-state index contributed by atoms with van der Waals surface area (Å²) in [7, 11) is 0. The van der Waals surface area contributed by atoms with Crippen LogP contribution in [0.5, 0.6) is 0 Å². The highest BCUT2D eigenvalue weighted by Crippen LogP contribution is 2.29. The maximum atomic E-state index is 13.2. The fourth-order valence-corrected chi connectivity index (χ4v) is 4.63. The van der Waals surface area contributed by atoms with Gasteiger partial charge in [-0.1, -0.05) is 89.1 Å². The van der Waals surface area contributed by atoms with E-state index in [1.807, 2.05) is 17.0 Å². The van der Waals surface area contributed by atoms with Crippen LogP contribution >= 0.6 is 0 Å². The minimum absolute atomic E-state index is 0.192. The van der Waals surface area contributed by atoms with Crippen LogP contribution in [0.1, 0.15) is 58.9 Å². The van der Waals surface area contributed by atoms with Crippen molar-refractivity contribution in [3.63, 3.8) is 0 Å². The van der Waals surface area contributed by atoms with Crippen molar-refractivity contribution in [2.75, 3.05) is 13.1 Å². The summed E-state index contributed by atoms with van der Waals surface area (Å²) in [4.78, 5) is 15.1. The third kappa shape index (κ3) is 6.00. The third-order valence-electron chi connectivity index (χ3n) is 6.11. The lowest BCUT2D eigenvalue weighted by Gasteiger charge is -2.28. The molecule has 0 saturated heterocycles. The Bertz CT molecular complexity index is 929. The number of hydrogen-bond acceptors (Lipinski definition) is 2. The van der Waals surface area contributed by atoms with E-state index >= 15 is 0 Å². The van der Waals surface area contributed by atoms with Crippen molar-refractivity contribution in [3.8, 4) is 0 Å². The van der Waals surface area contributed by atoms with E-state index < -0.39 is 0 Å². The molecule has 3 rings (SSSR count). The van der Waals surface area contributed by atoms with Gasteiger partial charge in [-0.05, 0) is 52.3 Å². The van der Waals surface area contributed by atoms with Crippen molar-refractivity contribution in [1.29, 1.82) is 0 Å². The SMILES string of the molecule is CCCC(C)CN(CC(C)CCC)C(=O)OCc1c2ccccc2cc2ccccc12. The van der Waals surface area contributed by atoms with Crippen LogP contribution in [-0.4, -0.2) is 24.1 Å². The van der Waals surface area contributed by atoms with Gasteiger partial charge in [0.1, 0.15) is 6.61 Å². The van der Waals surface area contributed by atoms with Crippen LogP contribution in [0.3, 0.4) is 0 Å². The summed E-state index contributed by atoms with van der Waals surface area (Å²) in [5.74, 6) is 0.953. The first kappa shape index (κ1) is 23.1. The lowest BCUT2D eigenvalue weighted by Crippen LogP contribution is -2.38. The third-order valence-corrected chi connectivity index (χ3v) is 6.11. The van der Waals surface area contributed by atoms with Gasteiger partial charge in [-0.15, -0.1) is 0 Å². The van der Waals surface area contributed by atoms with E-state index in [2.05, 4.69) is 70.2 Å². The summed E-state index contributed by atoms with van der Waals surface area (Å²) in [6.07, 6.45) is 4.33. The van der Waals surface area contributed by atoms with Crippen LogP contribution in [0.15, 0.2) is 54.6 Å². The van der Waals surface area contributed by atoms with Gasteiger partial charge >= 0.3 is 6.09 Å². The molecule has 0 radical (unpaired) electrons. The topological polar surface area (TPSA) is 29.5 Å². The van der Waals surface area contributed by atoms with Crippen LogP contribution in [0, 0.1) is 11.8 Å². The molecule has 3 heteroatoms. The van der Waals surface area contributed by atoms with E-state index in [0.29, 0.717) is 18.4 Å². The highest BCUT2D eigenvalue weighted by molar-refractivity contribution is 6.02. The Hall–Kier alpha value is -2.55. The molecule has 0 aromatic heterocycles. The Morgan fingerprint density at radius 1 is 0.839 bits per heavy atom. The van der Waals surface area contributed by atoms with Gasteiger partial charge in [0, 0.05) is 18.7 Å². The van der Waals surface area contributed by atoms with Crippen molar-refractivity contribution < 1.29 is 9.53 Å². The molecule has 0 N–H and O–H groups in total. The summed E-state index contributed by atoms with van der Waals surface area (Å²) in [6.45, 7) is 10.7. The van der Waals surface area contributed by atoms with Crippen molar-refractivity contribution >= 4 is 27.6 Å². The zero-order valence-electron chi connectivity index (χ0n) is 19.6. The number of hydrogen-bond donors (Lipinski definition) is 0. The quantitative estimate of drug-likeness (QED) is 0.314. The van der Waals surface area contributed by atoms with E-state index in [9.17, 15) is 4.79 Å². The number of amides is 1. The molecule has 0 aliphatic rings. The van der Waals surface area contributed by atoms with E-state index in [-0.39, 0.29) is 6.09 Å². The predicted octanol–water partition coefficient (Wildman–Crippen LogP) is 7.80. The number of benzene rings is 3. The predicted molar refractivity (Wildman–Crippen MR) is 131 cm³/mol. The van der Waals surface area contributed by atoms with E-state index in [4.69, 9.17) is 4.74 Å². The number of fused-ring (bicyclic) bond motifs is 2. The van der Waals surface area contributed by atoms with Gasteiger partial charge in [0.2, 0.25) is 0 Å². The first-order valence-electron chi connectivity index (χ1n) is 11.8. The summed E-state index contributed by atoms with van der Waals surface area (Å²) >= 11 is 0. The molecule has 2 atom stereocenters. The second kappa shape index (κ2) is 11.2. The van der Waals surface area contributed by atoms with Gasteiger partial charge in [0.05, 0.1) is 0 Å². The molecule has 0 aliphatic carbocycles. The normalized spacial score (nSPS) is 13.3. The Labute approximate surface area is 187 Å². The van der Waals surface area contributed by atoms with Crippen LogP contribution in [0.25, 0.3) is 21.5 Å². The minimum Gasteiger partial charge on any atom is -0.444 e. The Balaban J connectivity index is 1.82. The largest absolute Gasteiger partial charge is 0.444 e. The smallest absolute Gasteiger partial charge is 0.410 e. The number of carbonyl (C=O) groups excluding carboxylic acids is 1. The summed E-state index contributed by atoms with van der Waals surface area (Å²) in [5.41, 5.74) is 1.09. The molecule has 0 fully saturated rings. The molecule has 0 heterocycles. The molecule has 1 amide bonds. The van der Waals surface area contributed by atoms with Gasteiger partial charge in [-0.2, -0.15) is 0 Å². The molecule has 2 unspecified atom stereocenters. The molecule has 3 nitrogen and oxygen atoms in total. The van der Waals surface area contributed by atoms with Crippen molar-refractivity contribution in [2.45, 2.75) is 60.0 Å². The number of rotatable bonds is 10. The first-order chi connectivity index (χ1) is 15.0. The van der Waals surface area contributed by atoms with E-state index in [1.165, 1.54) is 10.8 Å². The zero-order valence-corrected chi connectivity index (χ0v) is 19.6. The molecule has 0 bridgehead atoms. The van der Waals surface area contributed by atoms with Gasteiger partial charge in [0.25, 0.3) is 0 Å². The Morgan fingerprint density at radius 3 is 1.81 bits per heavy atom. The summed E-state index contributed by atoms with van der Waals surface area (Å²) in [6, 6.07) is 18.9. The average molecular weight is 420 g/mol. The lowest BCUT2D eigenvalue weighted by molar-refractivity contribution is 0.0851. The highest BCUT2D eigenvalue weighted by Gasteiger charge is 2.21. The monoisotopic (exact) mass is 419 g/mol. The molecule has 3 aromatic carbocycles. The van der Waals surface area contributed by atoms with E-state index in [0.717, 1.165) is 55.1 Å². The van der Waals surface area contributed by atoms with Crippen molar-refractivity contribution in [1.82, 2.24) is 4.90 Å². The zero-order chi connectivity index (χ0) is 22.2. The van der Waals surface area contributed by atoms with Gasteiger partial charge < -0.3 is 9.64 Å². The second-order valence-corrected chi connectivity index (χ2v) is 9.04. The molecule has 0 spiro atoms. The van der Waals surface area contributed by atoms with Gasteiger partial charge in [-0.3, -0.25) is 0 Å². The first-order valence-corrected chi connectivity index (χ1v) is 11.8. The molecule has 31 heavy (non-hydrogen) atoms. The fourth-order valence-electron chi connectivity index (χ4n) is 4.63. The second-order valence-electron chi connectivity index (χ2n) is 9.04. The maximum Gasteiger partial charge on any atom is 0.410 e. The van der Waals surface area contributed by atoms with E-state index in [1.54, 1.807) is 0 Å². The lowest BCUT2D eigenvalue weighted by atomic mass is 9.97. The molecular formula is C28H37NO2. The minimum atomic E-state index is -0.192. The fraction of sp³-hybridized carbons (Fsp3) is 0.464. The maximum absolute atomic E-state index is 13.2. The number of nitrogens with zero attached hydrogens (tertiary/aromatic N) is 1. The van der Waals surface area contributed by atoms with Crippen LogP contribution in [-0.2, 0) is 11.3 Å². The molecular weight excluding hydrogens is 382 g/mol. The van der Waals surface area contributed by atoms with Gasteiger partial charge in [0.15, 0.2) is 0 Å². The number of carbonyl (C=O) groups is 1. The molecule has 3 aromatic rings. The van der Waals surface area contributed by atoms with Crippen LogP contribution in [0.4, 0.5) is 4.79 Å². The molecule has 166 valence electrons. The van der Waals surface area contributed by atoms with Crippen LogP contribution in [0.2, 0.25) is 0 Å².